The number of aryl methyl sites for hydroxylation is 1. The quantitative estimate of drug-likeness (QED) is 0.433. The summed E-state index contributed by atoms with van der Waals surface area (Å²) in [5.74, 6) is 0. The van der Waals surface area contributed by atoms with Crippen LogP contribution in [0.5, 0.6) is 0 Å². The van der Waals surface area contributed by atoms with Crippen LogP contribution in [0.3, 0.4) is 0 Å². The Morgan fingerprint density at radius 2 is 1.43 bits per heavy atom. The van der Waals surface area contributed by atoms with E-state index in [9.17, 15) is 0 Å². The first-order valence-electron chi connectivity index (χ1n) is 7.29. The van der Waals surface area contributed by atoms with Crippen molar-refractivity contribution in [2.24, 2.45) is 0 Å². The molecule has 0 saturated heterocycles. The van der Waals surface area contributed by atoms with Crippen LogP contribution in [0.2, 0.25) is 0 Å². The predicted octanol–water partition coefficient (Wildman–Crippen LogP) is 6.50. The number of aromatic nitrogens is 1. The average Bonchev–Trinajstić information content (AvgIpc) is 2.55. The van der Waals surface area contributed by atoms with Crippen LogP contribution in [0, 0.1) is 6.92 Å². The lowest BCUT2D eigenvalue weighted by Gasteiger charge is -2.09. The molecule has 0 unspecified atom stereocenters. The smallest absolute Gasteiger partial charge is 0.0711 e. The molecule has 0 saturated carbocycles. The number of nitrogens with zero attached hydrogens (tertiary/aromatic N) is 1. The molecule has 0 spiro atoms. The first-order chi connectivity index (χ1) is 11.1. The molecule has 1 heterocycles. The van der Waals surface area contributed by atoms with Crippen LogP contribution in [-0.2, 0) is 0 Å². The number of hydrogen-bond acceptors (Lipinski definition) is 1. The molecule has 2 aromatic carbocycles. The lowest BCUT2D eigenvalue weighted by molar-refractivity contribution is 1.17. The van der Waals surface area contributed by atoms with Crippen LogP contribution in [0.1, 0.15) is 22.5 Å². The molecule has 3 rings (SSSR count). The summed E-state index contributed by atoms with van der Waals surface area (Å²) in [7, 11) is 0. The second-order valence-corrected chi connectivity index (χ2v) is 7.11. The second-order valence-electron chi connectivity index (χ2n) is 5.28. The zero-order chi connectivity index (χ0) is 16.2. The average molecular weight is 429 g/mol. The Kier molecular flexibility index (Phi) is 5.09. The van der Waals surface area contributed by atoms with Gasteiger partial charge in [0.05, 0.1) is 5.69 Å². The lowest BCUT2D eigenvalue weighted by Crippen LogP contribution is -1.93. The highest BCUT2D eigenvalue weighted by Gasteiger charge is 2.07. The van der Waals surface area contributed by atoms with E-state index in [1.807, 2.05) is 19.1 Å². The molecule has 3 aromatic rings. The fraction of sp³-hybridized carbons (Fsp3) is 0.0500. The van der Waals surface area contributed by atoms with Gasteiger partial charge in [-0.1, -0.05) is 62.2 Å². The molecule has 0 bridgehead atoms. The topological polar surface area (TPSA) is 12.9 Å². The highest BCUT2D eigenvalue weighted by molar-refractivity contribution is 9.10. The number of pyridine rings is 1. The number of hydrogen-bond donors (Lipinski definition) is 0. The monoisotopic (exact) mass is 427 g/mol. The van der Waals surface area contributed by atoms with Gasteiger partial charge in [-0.25, -0.2) is 0 Å². The van der Waals surface area contributed by atoms with E-state index in [1.165, 1.54) is 0 Å². The summed E-state index contributed by atoms with van der Waals surface area (Å²) < 4.78 is 2.15. The van der Waals surface area contributed by atoms with E-state index in [0.29, 0.717) is 0 Å². The third-order valence-corrected chi connectivity index (χ3v) is 4.56. The van der Waals surface area contributed by atoms with Gasteiger partial charge in [0.2, 0.25) is 0 Å². The predicted molar refractivity (Wildman–Crippen MR) is 104 cm³/mol. The Bertz CT molecular complexity index is 834. The molecular weight excluding hydrogens is 414 g/mol. The summed E-state index contributed by atoms with van der Waals surface area (Å²) in [6, 6.07) is 22.7. The molecule has 0 N–H and O–H groups in total. The van der Waals surface area contributed by atoms with E-state index in [-0.39, 0.29) is 0 Å². The molecule has 23 heavy (non-hydrogen) atoms. The molecule has 0 atom stereocenters. The van der Waals surface area contributed by atoms with E-state index in [0.717, 1.165) is 37.0 Å². The van der Waals surface area contributed by atoms with Crippen molar-refractivity contribution >= 4 is 43.5 Å². The zero-order valence-corrected chi connectivity index (χ0v) is 15.8. The van der Waals surface area contributed by atoms with Crippen molar-refractivity contribution in [3.05, 3.63) is 98.2 Å². The van der Waals surface area contributed by atoms with Gasteiger partial charge in [-0.15, -0.1) is 0 Å². The van der Waals surface area contributed by atoms with Crippen molar-refractivity contribution in [2.45, 2.75) is 6.92 Å². The summed E-state index contributed by atoms with van der Waals surface area (Å²) in [5, 5.41) is 0. The van der Waals surface area contributed by atoms with E-state index in [1.54, 1.807) is 0 Å². The van der Waals surface area contributed by atoms with Gasteiger partial charge in [0, 0.05) is 20.2 Å². The molecule has 3 heteroatoms. The van der Waals surface area contributed by atoms with Crippen LogP contribution in [0.25, 0.3) is 11.6 Å². The van der Waals surface area contributed by atoms with Crippen molar-refractivity contribution in [1.82, 2.24) is 4.98 Å². The van der Waals surface area contributed by atoms with Gasteiger partial charge in [-0.3, -0.25) is 4.98 Å². The summed E-state index contributed by atoms with van der Waals surface area (Å²) in [5.41, 5.74) is 5.41. The maximum atomic E-state index is 4.70. The van der Waals surface area contributed by atoms with Gasteiger partial charge in [0.25, 0.3) is 0 Å². The molecular formula is C20H15Br2N. The van der Waals surface area contributed by atoms with Crippen molar-refractivity contribution in [3.63, 3.8) is 0 Å². The fourth-order valence-electron chi connectivity index (χ4n) is 2.35. The largest absolute Gasteiger partial charge is 0.253 e. The maximum absolute atomic E-state index is 4.70. The first-order valence-corrected chi connectivity index (χ1v) is 8.88. The SMILES string of the molecule is Cc1cccc(/C(=C/c2ccc(Br)cc2)c2ccc(Br)cc2)n1. The van der Waals surface area contributed by atoms with Gasteiger partial charge >= 0.3 is 0 Å². The van der Waals surface area contributed by atoms with Crippen molar-refractivity contribution in [3.8, 4) is 0 Å². The van der Waals surface area contributed by atoms with Gasteiger partial charge in [0.15, 0.2) is 0 Å². The normalized spacial score (nSPS) is 11.5. The molecule has 0 amide bonds. The number of halogens is 2. The highest BCUT2D eigenvalue weighted by Crippen LogP contribution is 2.26. The van der Waals surface area contributed by atoms with Crippen LogP contribution in [0.4, 0.5) is 0 Å². The number of rotatable bonds is 3. The summed E-state index contributed by atoms with van der Waals surface area (Å²) in [6.45, 7) is 2.02. The van der Waals surface area contributed by atoms with Crippen LogP contribution >= 0.6 is 31.9 Å². The Labute approximate surface area is 153 Å². The third-order valence-electron chi connectivity index (χ3n) is 3.50. The Balaban J connectivity index is 2.13. The molecule has 0 aliphatic heterocycles. The summed E-state index contributed by atoms with van der Waals surface area (Å²) >= 11 is 6.98. The molecule has 114 valence electrons. The molecule has 0 fully saturated rings. The van der Waals surface area contributed by atoms with Crippen molar-refractivity contribution < 1.29 is 0 Å². The molecule has 0 radical (unpaired) electrons. The van der Waals surface area contributed by atoms with E-state index in [4.69, 9.17) is 4.98 Å². The molecule has 0 aliphatic rings. The number of benzene rings is 2. The Morgan fingerprint density at radius 3 is 2.04 bits per heavy atom. The van der Waals surface area contributed by atoms with Crippen LogP contribution in [0.15, 0.2) is 75.7 Å². The molecule has 1 aromatic heterocycles. The highest BCUT2D eigenvalue weighted by atomic mass is 79.9. The minimum atomic E-state index is 0.982. The lowest BCUT2D eigenvalue weighted by atomic mass is 9.99. The van der Waals surface area contributed by atoms with Crippen LogP contribution in [-0.4, -0.2) is 4.98 Å². The van der Waals surface area contributed by atoms with Crippen molar-refractivity contribution in [1.29, 1.82) is 0 Å². The second kappa shape index (κ2) is 7.24. The molecule has 0 aliphatic carbocycles. The van der Waals surface area contributed by atoms with Crippen molar-refractivity contribution in [2.75, 3.05) is 0 Å². The Hall–Kier alpha value is -1.71. The fourth-order valence-corrected chi connectivity index (χ4v) is 2.88. The summed E-state index contributed by atoms with van der Waals surface area (Å²) in [4.78, 5) is 4.70. The first kappa shape index (κ1) is 16.2. The summed E-state index contributed by atoms with van der Waals surface area (Å²) in [6.07, 6.45) is 2.18. The molecule has 1 nitrogen and oxygen atoms in total. The van der Waals surface area contributed by atoms with Gasteiger partial charge in [-0.05, 0) is 60.5 Å². The van der Waals surface area contributed by atoms with E-state index < -0.39 is 0 Å². The zero-order valence-electron chi connectivity index (χ0n) is 12.6. The van der Waals surface area contributed by atoms with Gasteiger partial charge < -0.3 is 0 Å². The Morgan fingerprint density at radius 1 is 0.826 bits per heavy atom. The van der Waals surface area contributed by atoms with Crippen LogP contribution < -0.4 is 0 Å². The van der Waals surface area contributed by atoms with Gasteiger partial charge in [-0.2, -0.15) is 0 Å². The minimum absolute atomic E-state index is 0.982. The minimum Gasteiger partial charge on any atom is -0.253 e. The van der Waals surface area contributed by atoms with Gasteiger partial charge in [0.1, 0.15) is 0 Å². The maximum Gasteiger partial charge on any atom is 0.0711 e. The standard InChI is InChI=1S/C20H15Br2N/c1-14-3-2-4-20(23-14)19(16-7-11-18(22)12-8-16)13-15-5-9-17(21)10-6-15/h2-13H,1H3/b19-13+. The van der Waals surface area contributed by atoms with E-state index in [2.05, 4.69) is 92.5 Å². The van der Waals surface area contributed by atoms with E-state index >= 15 is 0 Å². The third kappa shape index (κ3) is 4.18.